The summed E-state index contributed by atoms with van der Waals surface area (Å²) in [6.07, 6.45) is 4.74. The molecule has 0 aliphatic heterocycles. The van der Waals surface area contributed by atoms with Gasteiger partial charge in [0, 0.05) is 35.0 Å². The molecule has 6 heteroatoms. The number of aromatic nitrogens is 2. The summed E-state index contributed by atoms with van der Waals surface area (Å²) in [7, 11) is 1.91. The highest BCUT2D eigenvalue weighted by Gasteiger charge is 2.10. The van der Waals surface area contributed by atoms with Crippen LogP contribution in [0.1, 0.15) is 5.56 Å². The van der Waals surface area contributed by atoms with Gasteiger partial charge in [0.1, 0.15) is 0 Å². The summed E-state index contributed by atoms with van der Waals surface area (Å²) in [6, 6.07) is 8.04. The molecule has 1 aromatic carbocycles. The van der Waals surface area contributed by atoms with Crippen molar-refractivity contribution in [2.75, 3.05) is 5.75 Å². The molecule has 1 heterocycles. The number of hydrogen-bond acceptors (Lipinski definition) is 4. The van der Waals surface area contributed by atoms with Crippen molar-refractivity contribution in [3.05, 3.63) is 47.2 Å². The zero-order valence-electron chi connectivity index (χ0n) is 10.7. The van der Waals surface area contributed by atoms with E-state index >= 15 is 0 Å². The highest BCUT2D eigenvalue weighted by molar-refractivity contribution is 7.99. The molecule has 0 radical (unpaired) electrons. The lowest BCUT2D eigenvalue weighted by atomic mass is 10.1. The molecule has 1 unspecified atom stereocenters. The van der Waals surface area contributed by atoms with Gasteiger partial charge in [0.25, 0.3) is 0 Å². The quantitative estimate of drug-likeness (QED) is 0.488. The normalized spacial score (nSPS) is 12.6. The van der Waals surface area contributed by atoms with E-state index in [2.05, 4.69) is 10.5 Å². The van der Waals surface area contributed by atoms with Crippen molar-refractivity contribution in [3.63, 3.8) is 0 Å². The Kier molecular flexibility index (Phi) is 5.27. The predicted octanol–water partition coefficient (Wildman–Crippen LogP) is 2.24. The van der Waals surface area contributed by atoms with Gasteiger partial charge in [-0.3, -0.25) is 16.0 Å². The van der Waals surface area contributed by atoms with E-state index in [1.165, 1.54) is 5.56 Å². The smallest absolute Gasteiger partial charge is 0.0522 e. The molecule has 0 spiro atoms. The van der Waals surface area contributed by atoms with Gasteiger partial charge in [0.2, 0.25) is 0 Å². The van der Waals surface area contributed by atoms with Gasteiger partial charge in [-0.15, -0.1) is 11.8 Å². The summed E-state index contributed by atoms with van der Waals surface area (Å²) in [4.78, 5) is 1.15. The van der Waals surface area contributed by atoms with E-state index in [0.717, 1.165) is 22.1 Å². The lowest BCUT2D eigenvalue weighted by Gasteiger charge is -2.14. The number of hydrazine groups is 1. The molecule has 0 aliphatic rings. The first-order valence-electron chi connectivity index (χ1n) is 5.99. The summed E-state index contributed by atoms with van der Waals surface area (Å²) >= 11 is 7.70. The summed E-state index contributed by atoms with van der Waals surface area (Å²) < 4.78 is 1.80. The van der Waals surface area contributed by atoms with Crippen LogP contribution in [0.25, 0.3) is 0 Å². The molecular formula is C13H17ClN4S. The molecule has 0 fully saturated rings. The number of hydrogen-bond donors (Lipinski definition) is 2. The molecule has 0 aliphatic carbocycles. The molecule has 0 saturated carbocycles. The maximum absolute atomic E-state index is 5.96. The highest BCUT2D eigenvalue weighted by atomic mass is 35.5. The molecule has 2 rings (SSSR count). The van der Waals surface area contributed by atoms with Crippen molar-refractivity contribution in [3.8, 4) is 0 Å². The number of aryl methyl sites for hydroxylation is 1. The second-order valence-electron chi connectivity index (χ2n) is 4.36. The Morgan fingerprint density at radius 1 is 1.53 bits per heavy atom. The molecule has 4 nitrogen and oxygen atoms in total. The lowest BCUT2D eigenvalue weighted by Crippen LogP contribution is -2.38. The highest BCUT2D eigenvalue weighted by Crippen LogP contribution is 2.22. The van der Waals surface area contributed by atoms with Crippen molar-refractivity contribution >= 4 is 23.4 Å². The van der Waals surface area contributed by atoms with Crippen LogP contribution in [0.5, 0.6) is 0 Å². The SMILES string of the molecule is Cn1cc(CC(CSc2cccc(Cl)c2)NN)cn1. The van der Waals surface area contributed by atoms with Crippen molar-refractivity contribution < 1.29 is 0 Å². The van der Waals surface area contributed by atoms with Crippen LogP contribution < -0.4 is 11.3 Å². The fraction of sp³-hybridized carbons (Fsp3) is 0.308. The standard InChI is InChI=1S/C13H17ClN4S/c1-18-8-10(7-16-18)5-12(17-15)9-19-13-4-2-3-11(14)6-13/h2-4,6-8,12,17H,5,9,15H2,1H3. The number of benzene rings is 1. The number of halogens is 1. The van der Waals surface area contributed by atoms with Crippen LogP contribution in [-0.4, -0.2) is 21.6 Å². The van der Waals surface area contributed by atoms with E-state index in [1.54, 1.807) is 16.4 Å². The molecule has 0 amide bonds. The zero-order chi connectivity index (χ0) is 13.7. The van der Waals surface area contributed by atoms with Gasteiger partial charge in [-0.1, -0.05) is 17.7 Å². The Balaban J connectivity index is 1.89. The van der Waals surface area contributed by atoms with E-state index in [4.69, 9.17) is 17.4 Å². The fourth-order valence-electron chi connectivity index (χ4n) is 1.78. The molecule has 102 valence electrons. The first-order chi connectivity index (χ1) is 9.17. The molecule has 0 saturated heterocycles. The molecule has 2 aromatic rings. The van der Waals surface area contributed by atoms with Gasteiger partial charge in [-0.2, -0.15) is 5.10 Å². The third-order valence-corrected chi connectivity index (χ3v) is 4.11. The van der Waals surface area contributed by atoms with Gasteiger partial charge >= 0.3 is 0 Å². The summed E-state index contributed by atoms with van der Waals surface area (Å²) in [6.45, 7) is 0. The van der Waals surface area contributed by atoms with Crippen LogP contribution in [0.2, 0.25) is 5.02 Å². The minimum absolute atomic E-state index is 0.202. The maximum atomic E-state index is 5.96. The Labute approximate surface area is 122 Å². The van der Waals surface area contributed by atoms with Gasteiger partial charge in [0.15, 0.2) is 0 Å². The van der Waals surface area contributed by atoms with Crippen LogP contribution in [0.4, 0.5) is 0 Å². The Bertz CT molecular complexity index is 529. The van der Waals surface area contributed by atoms with Gasteiger partial charge in [-0.25, -0.2) is 0 Å². The predicted molar refractivity (Wildman–Crippen MR) is 80.2 cm³/mol. The summed E-state index contributed by atoms with van der Waals surface area (Å²) in [5.74, 6) is 6.49. The maximum Gasteiger partial charge on any atom is 0.0522 e. The minimum atomic E-state index is 0.202. The Morgan fingerprint density at radius 2 is 2.37 bits per heavy atom. The van der Waals surface area contributed by atoms with Crippen molar-refractivity contribution in [2.24, 2.45) is 12.9 Å². The topological polar surface area (TPSA) is 55.9 Å². The number of nitrogens with two attached hydrogens (primary N) is 1. The van der Waals surface area contributed by atoms with Crippen molar-refractivity contribution in [2.45, 2.75) is 17.4 Å². The van der Waals surface area contributed by atoms with E-state index in [0.29, 0.717) is 0 Å². The number of rotatable bonds is 6. The fourth-order valence-corrected chi connectivity index (χ4v) is 3.03. The van der Waals surface area contributed by atoms with Gasteiger partial charge in [0.05, 0.1) is 6.20 Å². The molecule has 1 atom stereocenters. The van der Waals surface area contributed by atoms with Crippen LogP contribution in [-0.2, 0) is 13.5 Å². The zero-order valence-corrected chi connectivity index (χ0v) is 12.3. The average molecular weight is 297 g/mol. The molecule has 0 bridgehead atoms. The number of nitrogens with zero attached hydrogens (tertiary/aromatic N) is 2. The average Bonchev–Trinajstić information content (AvgIpc) is 2.80. The Morgan fingerprint density at radius 3 is 3.00 bits per heavy atom. The van der Waals surface area contributed by atoms with Crippen LogP contribution in [0.15, 0.2) is 41.6 Å². The van der Waals surface area contributed by atoms with E-state index < -0.39 is 0 Å². The molecule has 3 N–H and O–H groups in total. The largest absolute Gasteiger partial charge is 0.276 e. The van der Waals surface area contributed by atoms with E-state index in [1.807, 2.05) is 43.7 Å². The second-order valence-corrected chi connectivity index (χ2v) is 5.89. The molecule has 19 heavy (non-hydrogen) atoms. The third kappa shape index (κ3) is 4.54. The lowest BCUT2D eigenvalue weighted by molar-refractivity contribution is 0.575. The van der Waals surface area contributed by atoms with Crippen molar-refractivity contribution in [1.29, 1.82) is 0 Å². The Hall–Kier alpha value is -1.01. The van der Waals surface area contributed by atoms with Gasteiger partial charge in [-0.05, 0) is 30.2 Å². The first-order valence-corrected chi connectivity index (χ1v) is 7.36. The molecular weight excluding hydrogens is 280 g/mol. The second kappa shape index (κ2) is 6.96. The summed E-state index contributed by atoms with van der Waals surface area (Å²) in [5, 5.41) is 4.92. The molecule has 1 aromatic heterocycles. The first kappa shape index (κ1) is 14.4. The van der Waals surface area contributed by atoms with Gasteiger partial charge < -0.3 is 0 Å². The van der Waals surface area contributed by atoms with E-state index in [9.17, 15) is 0 Å². The summed E-state index contributed by atoms with van der Waals surface area (Å²) in [5.41, 5.74) is 4.03. The number of thioether (sulfide) groups is 1. The van der Waals surface area contributed by atoms with Crippen LogP contribution in [0.3, 0.4) is 0 Å². The third-order valence-electron chi connectivity index (χ3n) is 2.72. The van der Waals surface area contributed by atoms with Crippen molar-refractivity contribution in [1.82, 2.24) is 15.2 Å². The van der Waals surface area contributed by atoms with E-state index in [-0.39, 0.29) is 6.04 Å². The van der Waals surface area contributed by atoms with Crippen LogP contribution >= 0.6 is 23.4 Å². The minimum Gasteiger partial charge on any atom is -0.276 e. The van der Waals surface area contributed by atoms with Crippen LogP contribution in [0, 0.1) is 0 Å². The number of nitrogens with one attached hydrogen (secondary N) is 1. The monoisotopic (exact) mass is 296 g/mol.